The molecule has 2 unspecified atom stereocenters. The molecule has 1 aromatic heterocycles. The number of anilines is 2. The van der Waals surface area contributed by atoms with Crippen molar-refractivity contribution in [2.45, 2.75) is 12.1 Å². The summed E-state index contributed by atoms with van der Waals surface area (Å²) in [4.78, 5) is 3.94. The number of hydrogen-bond donors (Lipinski definition) is 3. The van der Waals surface area contributed by atoms with Crippen molar-refractivity contribution in [1.29, 1.82) is 0 Å². The summed E-state index contributed by atoms with van der Waals surface area (Å²) in [7, 11) is 0. The van der Waals surface area contributed by atoms with E-state index in [1.807, 2.05) is 6.07 Å². The Morgan fingerprint density at radius 3 is 3.07 bits per heavy atom. The van der Waals surface area contributed by atoms with Crippen molar-refractivity contribution >= 4 is 11.5 Å². The summed E-state index contributed by atoms with van der Waals surface area (Å²) in [6.45, 7) is 0.868. The van der Waals surface area contributed by atoms with Gasteiger partial charge in [-0.2, -0.15) is 0 Å². The van der Waals surface area contributed by atoms with Gasteiger partial charge in [0.25, 0.3) is 0 Å². The topological polar surface area (TPSA) is 80.4 Å². The van der Waals surface area contributed by atoms with Crippen LogP contribution in [0, 0.1) is 0 Å². The minimum atomic E-state index is -0.477. The summed E-state index contributed by atoms with van der Waals surface area (Å²) < 4.78 is 5.11. The third kappa shape index (κ3) is 1.78. The van der Waals surface area contributed by atoms with E-state index >= 15 is 0 Å². The summed E-state index contributed by atoms with van der Waals surface area (Å²) in [6.07, 6.45) is 1.15. The van der Waals surface area contributed by atoms with Gasteiger partial charge in [0.1, 0.15) is 5.82 Å². The molecule has 14 heavy (non-hydrogen) atoms. The van der Waals surface area contributed by atoms with E-state index in [0.717, 1.165) is 5.69 Å². The van der Waals surface area contributed by atoms with Crippen LogP contribution in [0.4, 0.5) is 11.5 Å². The lowest BCUT2D eigenvalue weighted by molar-refractivity contribution is 0.125. The summed E-state index contributed by atoms with van der Waals surface area (Å²) >= 11 is 0. The SMILES string of the molecule is Nc1ncccc1NC1COCC1O. The average molecular weight is 195 g/mol. The van der Waals surface area contributed by atoms with Gasteiger partial charge in [0.15, 0.2) is 0 Å². The van der Waals surface area contributed by atoms with E-state index in [4.69, 9.17) is 10.5 Å². The van der Waals surface area contributed by atoms with Crippen LogP contribution >= 0.6 is 0 Å². The molecule has 76 valence electrons. The molecule has 1 aromatic rings. The van der Waals surface area contributed by atoms with Crippen molar-refractivity contribution in [3.8, 4) is 0 Å². The largest absolute Gasteiger partial charge is 0.388 e. The van der Waals surface area contributed by atoms with Gasteiger partial charge >= 0.3 is 0 Å². The molecule has 2 heterocycles. The first-order valence-corrected chi connectivity index (χ1v) is 4.50. The number of aromatic nitrogens is 1. The fourth-order valence-electron chi connectivity index (χ4n) is 1.42. The second-order valence-corrected chi connectivity index (χ2v) is 3.29. The summed E-state index contributed by atoms with van der Waals surface area (Å²) in [5.74, 6) is 0.437. The number of nitrogen functional groups attached to an aromatic ring is 1. The normalized spacial score (nSPS) is 26.4. The van der Waals surface area contributed by atoms with Crippen molar-refractivity contribution in [2.75, 3.05) is 24.3 Å². The highest BCUT2D eigenvalue weighted by atomic mass is 16.5. The minimum Gasteiger partial charge on any atom is -0.388 e. The lowest BCUT2D eigenvalue weighted by atomic mass is 10.2. The standard InChI is InChI=1S/C9H13N3O2/c10-9-6(2-1-3-11-9)12-7-4-14-5-8(7)13/h1-3,7-8,12-13H,4-5H2,(H2,10,11). The first-order chi connectivity index (χ1) is 6.77. The molecule has 0 bridgehead atoms. The number of pyridine rings is 1. The van der Waals surface area contributed by atoms with Crippen LogP contribution in [0.5, 0.6) is 0 Å². The molecule has 1 aliphatic rings. The van der Waals surface area contributed by atoms with Gasteiger partial charge in [0.2, 0.25) is 0 Å². The van der Waals surface area contributed by atoms with E-state index in [1.165, 1.54) is 0 Å². The van der Waals surface area contributed by atoms with Gasteiger partial charge in [-0.3, -0.25) is 0 Å². The Labute approximate surface area is 81.9 Å². The molecule has 0 aromatic carbocycles. The van der Waals surface area contributed by atoms with Gasteiger partial charge in [-0.15, -0.1) is 0 Å². The lowest BCUT2D eigenvalue weighted by Gasteiger charge is -2.16. The third-order valence-corrected chi connectivity index (χ3v) is 2.23. The van der Waals surface area contributed by atoms with Gasteiger partial charge in [-0.05, 0) is 12.1 Å². The first-order valence-electron chi connectivity index (χ1n) is 4.50. The Morgan fingerprint density at radius 2 is 2.43 bits per heavy atom. The molecule has 2 atom stereocenters. The predicted molar refractivity (Wildman–Crippen MR) is 52.9 cm³/mol. The highest BCUT2D eigenvalue weighted by molar-refractivity contribution is 5.61. The number of rotatable bonds is 2. The molecule has 0 saturated carbocycles. The molecule has 0 spiro atoms. The van der Waals surface area contributed by atoms with Crippen LogP contribution < -0.4 is 11.1 Å². The fourth-order valence-corrected chi connectivity index (χ4v) is 1.42. The zero-order valence-corrected chi connectivity index (χ0v) is 7.68. The molecular formula is C9H13N3O2. The van der Waals surface area contributed by atoms with Crippen molar-refractivity contribution in [2.24, 2.45) is 0 Å². The van der Waals surface area contributed by atoms with Gasteiger partial charge in [0.05, 0.1) is 31.0 Å². The molecule has 0 amide bonds. The maximum atomic E-state index is 9.49. The molecule has 2 rings (SSSR count). The smallest absolute Gasteiger partial charge is 0.146 e. The molecule has 5 heteroatoms. The number of nitrogens with one attached hydrogen (secondary N) is 1. The quantitative estimate of drug-likeness (QED) is 0.610. The van der Waals surface area contributed by atoms with Crippen molar-refractivity contribution in [3.05, 3.63) is 18.3 Å². The van der Waals surface area contributed by atoms with Gasteiger partial charge < -0.3 is 20.9 Å². The number of hydrogen-bond acceptors (Lipinski definition) is 5. The first kappa shape index (κ1) is 9.23. The Morgan fingerprint density at radius 1 is 1.57 bits per heavy atom. The summed E-state index contributed by atoms with van der Waals surface area (Å²) in [5.41, 5.74) is 6.39. The van der Waals surface area contributed by atoms with Gasteiger partial charge in [-0.25, -0.2) is 4.98 Å². The van der Waals surface area contributed by atoms with E-state index < -0.39 is 6.10 Å². The number of ether oxygens (including phenoxy) is 1. The van der Waals surface area contributed by atoms with Crippen LogP contribution in [0.1, 0.15) is 0 Å². The van der Waals surface area contributed by atoms with Crippen LogP contribution in [0.2, 0.25) is 0 Å². The molecule has 5 nitrogen and oxygen atoms in total. The van der Waals surface area contributed by atoms with Crippen molar-refractivity contribution in [1.82, 2.24) is 4.98 Å². The van der Waals surface area contributed by atoms with E-state index in [-0.39, 0.29) is 6.04 Å². The van der Waals surface area contributed by atoms with E-state index in [0.29, 0.717) is 19.0 Å². The molecule has 0 aliphatic carbocycles. The Hall–Kier alpha value is -1.33. The van der Waals surface area contributed by atoms with Crippen molar-refractivity contribution < 1.29 is 9.84 Å². The predicted octanol–water partition coefficient (Wildman–Crippen LogP) is -0.165. The zero-order valence-electron chi connectivity index (χ0n) is 7.68. The maximum Gasteiger partial charge on any atom is 0.146 e. The number of nitrogens with zero attached hydrogens (tertiary/aromatic N) is 1. The highest BCUT2D eigenvalue weighted by Gasteiger charge is 2.26. The van der Waals surface area contributed by atoms with Gasteiger partial charge in [0, 0.05) is 6.20 Å². The van der Waals surface area contributed by atoms with Gasteiger partial charge in [-0.1, -0.05) is 0 Å². The van der Waals surface area contributed by atoms with E-state index in [9.17, 15) is 5.11 Å². The molecule has 1 aliphatic heterocycles. The number of nitrogens with two attached hydrogens (primary N) is 1. The van der Waals surface area contributed by atoms with E-state index in [2.05, 4.69) is 10.3 Å². The average Bonchev–Trinajstić information content (AvgIpc) is 2.56. The highest BCUT2D eigenvalue weighted by Crippen LogP contribution is 2.18. The van der Waals surface area contributed by atoms with Crippen LogP contribution in [0.15, 0.2) is 18.3 Å². The van der Waals surface area contributed by atoms with Crippen molar-refractivity contribution in [3.63, 3.8) is 0 Å². The molecular weight excluding hydrogens is 182 g/mol. The number of aliphatic hydroxyl groups excluding tert-OH is 1. The summed E-state index contributed by atoms with van der Waals surface area (Å²) in [5, 5.41) is 12.6. The monoisotopic (exact) mass is 195 g/mol. The second kappa shape index (κ2) is 3.81. The fraction of sp³-hybridized carbons (Fsp3) is 0.444. The van der Waals surface area contributed by atoms with E-state index in [1.54, 1.807) is 12.3 Å². The second-order valence-electron chi connectivity index (χ2n) is 3.29. The van der Waals surface area contributed by atoms with Crippen LogP contribution in [-0.4, -0.2) is 35.5 Å². The maximum absolute atomic E-state index is 9.49. The third-order valence-electron chi connectivity index (χ3n) is 2.23. The Kier molecular flexibility index (Phi) is 2.51. The molecule has 1 saturated heterocycles. The summed E-state index contributed by atoms with van der Waals surface area (Å²) in [6, 6.07) is 3.52. The minimum absolute atomic E-state index is 0.0958. The van der Waals surface area contributed by atoms with Crippen LogP contribution in [-0.2, 0) is 4.74 Å². The molecule has 4 N–H and O–H groups in total. The Bertz CT molecular complexity index is 319. The Balaban J connectivity index is 2.07. The number of aliphatic hydroxyl groups is 1. The lowest BCUT2D eigenvalue weighted by Crippen LogP contribution is -2.32. The van der Waals surface area contributed by atoms with Crippen LogP contribution in [0.25, 0.3) is 0 Å². The molecule has 0 radical (unpaired) electrons. The molecule has 1 fully saturated rings. The van der Waals surface area contributed by atoms with Crippen LogP contribution in [0.3, 0.4) is 0 Å². The zero-order chi connectivity index (χ0) is 9.97.